The summed E-state index contributed by atoms with van der Waals surface area (Å²) in [6.45, 7) is 1.70. The molecule has 0 radical (unpaired) electrons. The summed E-state index contributed by atoms with van der Waals surface area (Å²) >= 11 is 0. The van der Waals surface area contributed by atoms with E-state index < -0.39 is 47.6 Å². The normalized spacial score (nSPS) is 25.7. The number of hydrogen-bond acceptors (Lipinski definition) is 10. The van der Waals surface area contributed by atoms with E-state index >= 15 is 0 Å². The average molecular weight is 446 g/mol. The number of aromatic hydroxyl groups is 3. The van der Waals surface area contributed by atoms with Crippen LogP contribution < -0.4 is 10.2 Å². The van der Waals surface area contributed by atoms with E-state index in [1.165, 1.54) is 24.3 Å². The summed E-state index contributed by atoms with van der Waals surface area (Å²) in [6.07, 6.45) is -6.74. The van der Waals surface area contributed by atoms with Gasteiger partial charge in [-0.05, 0) is 30.7 Å². The summed E-state index contributed by atoms with van der Waals surface area (Å²) in [4.78, 5) is 13.3. The second kappa shape index (κ2) is 8.32. The minimum Gasteiger partial charge on any atom is -0.508 e. The summed E-state index contributed by atoms with van der Waals surface area (Å²) in [5, 5.41) is 59.9. The van der Waals surface area contributed by atoms with Crippen LogP contribution in [0.4, 0.5) is 0 Å². The maximum absolute atomic E-state index is 13.3. The largest absolute Gasteiger partial charge is 0.508 e. The van der Waals surface area contributed by atoms with Crippen molar-refractivity contribution in [1.29, 1.82) is 0 Å². The van der Waals surface area contributed by atoms with Gasteiger partial charge in [0.25, 0.3) is 0 Å². The summed E-state index contributed by atoms with van der Waals surface area (Å²) in [5.74, 6) is -1.49. The van der Waals surface area contributed by atoms with Crippen LogP contribution >= 0.6 is 0 Å². The molecule has 5 unspecified atom stereocenters. The summed E-state index contributed by atoms with van der Waals surface area (Å²) in [5.41, 5.74) is -0.649. The smallest absolute Gasteiger partial charge is 0.239 e. The summed E-state index contributed by atoms with van der Waals surface area (Å²) in [7, 11) is 0. The van der Waals surface area contributed by atoms with Crippen molar-refractivity contribution in [2.75, 3.05) is 0 Å². The van der Waals surface area contributed by atoms with Crippen molar-refractivity contribution in [3.05, 3.63) is 46.6 Å². The van der Waals surface area contributed by atoms with E-state index in [4.69, 9.17) is 13.9 Å². The van der Waals surface area contributed by atoms with Gasteiger partial charge in [-0.1, -0.05) is 6.92 Å². The molecule has 2 heterocycles. The van der Waals surface area contributed by atoms with Crippen LogP contribution in [0.5, 0.6) is 23.0 Å². The van der Waals surface area contributed by atoms with Crippen molar-refractivity contribution in [3.8, 4) is 34.3 Å². The second-order valence-electron chi connectivity index (χ2n) is 7.52. The van der Waals surface area contributed by atoms with Gasteiger partial charge in [0, 0.05) is 17.7 Å². The molecule has 1 fully saturated rings. The SMILES string of the molecule is CCC1OC(Oc2c(-c3ccc(O)cc3)oc3cc(O)cc(O)c3c2=O)C(O)C(O)C1O. The second-order valence-corrected chi connectivity index (χ2v) is 7.52. The first-order chi connectivity index (χ1) is 15.2. The van der Waals surface area contributed by atoms with Gasteiger partial charge in [0.2, 0.25) is 17.5 Å². The Labute approximate surface area is 181 Å². The molecular formula is C22H22O10. The maximum Gasteiger partial charge on any atom is 0.239 e. The number of hydrogen-bond donors (Lipinski definition) is 6. The quantitative estimate of drug-likeness (QED) is 0.342. The van der Waals surface area contributed by atoms with Crippen molar-refractivity contribution < 1.29 is 44.5 Å². The fraction of sp³-hybridized carbons (Fsp3) is 0.318. The molecule has 1 saturated heterocycles. The Morgan fingerprint density at radius 3 is 2.28 bits per heavy atom. The van der Waals surface area contributed by atoms with E-state index in [9.17, 15) is 35.4 Å². The predicted octanol–water partition coefficient (Wildman–Crippen LogP) is 1.17. The molecule has 32 heavy (non-hydrogen) atoms. The number of aliphatic hydroxyl groups is 3. The molecule has 1 aromatic heterocycles. The molecule has 0 spiro atoms. The van der Waals surface area contributed by atoms with E-state index in [-0.39, 0.29) is 28.2 Å². The maximum atomic E-state index is 13.3. The lowest BCUT2D eigenvalue weighted by Crippen LogP contribution is -2.59. The third-order valence-electron chi connectivity index (χ3n) is 5.35. The molecule has 4 rings (SSSR count). The zero-order valence-electron chi connectivity index (χ0n) is 16.9. The highest BCUT2D eigenvalue weighted by Crippen LogP contribution is 2.37. The van der Waals surface area contributed by atoms with Gasteiger partial charge < -0.3 is 44.5 Å². The topological polar surface area (TPSA) is 170 Å². The Balaban J connectivity index is 1.89. The third kappa shape index (κ3) is 3.73. The van der Waals surface area contributed by atoms with Crippen LogP contribution in [-0.4, -0.2) is 61.3 Å². The fourth-order valence-corrected chi connectivity index (χ4v) is 3.65. The van der Waals surface area contributed by atoms with Gasteiger partial charge in [-0.15, -0.1) is 0 Å². The van der Waals surface area contributed by atoms with Crippen molar-refractivity contribution in [2.24, 2.45) is 0 Å². The van der Waals surface area contributed by atoms with Crippen LogP contribution in [0.3, 0.4) is 0 Å². The van der Waals surface area contributed by atoms with Gasteiger partial charge in [0.1, 0.15) is 46.5 Å². The highest BCUT2D eigenvalue weighted by atomic mass is 16.7. The van der Waals surface area contributed by atoms with Gasteiger partial charge in [-0.3, -0.25) is 4.79 Å². The lowest BCUT2D eigenvalue weighted by Gasteiger charge is -2.39. The third-order valence-corrected chi connectivity index (χ3v) is 5.35. The Morgan fingerprint density at radius 2 is 1.62 bits per heavy atom. The minimum atomic E-state index is -1.69. The van der Waals surface area contributed by atoms with Crippen LogP contribution in [0.15, 0.2) is 45.6 Å². The van der Waals surface area contributed by atoms with Gasteiger partial charge in [-0.2, -0.15) is 0 Å². The number of aliphatic hydroxyl groups excluding tert-OH is 3. The first-order valence-electron chi connectivity index (χ1n) is 9.89. The van der Waals surface area contributed by atoms with Crippen LogP contribution in [0.1, 0.15) is 13.3 Å². The van der Waals surface area contributed by atoms with Crippen LogP contribution in [0, 0.1) is 0 Å². The Bertz CT molecular complexity index is 1180. The van der Waals surface area contributed by atoms with E-state index in [1.807, 2.05) is 0 Å². The molecule has 170 valence electrons. The predicted molar refractivity (Wildman–Crippen MR) is 111 cm³/mol. The van der Waals surface area contributed by atoms with Crippen molar-refractivity contribution in [1.82, 2.24) is 0 Å². The standard InChI is InChI=1S/C22H22O10/c1-2-13-16(26)18(28)19(29)22(31-13)32-21-17(27)15-12(25)7-11(24)8-14(15)30-20(21)9-3-5-10(23)6-4-9/h3-8,13,16,18-19,22-26,28-29H,2H2,1H3. The van der Waals surface area contributed by atoms with E-state index in [1.54, 1.807) is 6.92 Å². The van der Waals surface area contributed by atoms with Crippen molar-refractivity contribution in [2.45, 2.75) is 44.1 Å². The van der Waals surface area contributed by atoms with Crippen molar-refractivity contribution >= 4 is 11.0 Å². The van der Waals surface area contributed by atoms with E-state index in [0.717, 1.165) is 12.1 Å². The molecule has 3 aromatic rings. The zero-order valence-corrected chi connectivity index (χ0v) is 16.9. The molecule has 0 amide bonds. The molecule has 0 saturated carbocycles. The molecule has 10 nitrogen and oxygen atoms in total. The van der Waals surface area contributed by atoms with E-state index in [2.05, 4.69) is 0 Å². The summed E-state index contributed by atoms with van der Waals surface area (Å²) < 4.78 is 17.0. The van der Waals surface area contributed by atoms with Gasteiger partial charge in [-0.25, -0.2) is 0 Å². The number of ether oxygens (including phenoxy) is 2. The number of rotatable bonds is 4. The Morgan fingerprint density at radius 1 is 0.938 bits per heavy atom. The molecule has 1 aliphatic heterocycles. The fourth-order valence-electron chi connectivity index (χ4n) is 3.65. The first kappa shape index (κ1) is 21.9. The molecular weight excluding hydrogens is 424 g/mol. The van der Waals surface area contributed by atoms with Crippen LogP contribution in [0.25, 0.3) is 22.3 Å². The Kier molecular flexibility index (Phi) is 5.70. The van der Waals surface area contributed by atoms with Crippen molar-refractivity contribution in [3.63, 3.8) is 0 Å². The monoisotopic (exact) mass is 446 g/mol. The highest BCUT2D eigenvalue weighted by molar-refractivity contribution is 5.88. The van der Waals surface area contributed by atoms with Crippen LogP contribution in [0.2, 0.25) is 0 Å². The van der Waals surface area contributed by atoms with E-state index in [0.29, 0.717) is 12.0 Å². The average Bonchev–Trinajstić information content (AvgIpc) is 2.75. The summed E-state index contributed by atoms with van der Waals surface area (Å²) in [6, 6.07) is 7.69. The van der Waals surface area contributed by atoms with Gasteiger partial charge in [0.15, 0.2) is 5.76 Å². The lowest BCUT2D eigenvalue weighted by atomic mass is 9.97. The molecule has 0 bridgehead atoms. The number of fused-ring (bicyclic) bond motifs is 1. The molecule has 2 aromatic carbocycles. The highest BCUT2D eigenvalue weighted by Gasteiger charge is 2.45. The zero-order chi connectivity index (χ0) is 23.2. The lowest BCUT2D eigenvalue weighted by molar-refractivity contribution is -0.272. The molecule has 1 aliphatic rings. The van der Waals surface area contributed by atoms with Gasteiger partial charge >= 0.3 is 0 Å². The Hall–Kier alpha value is -3.31. The molecule has 10 heteroatoms. The number of phenols is 3. The molecule has 0 aliphatic carbocycles. The van der Waals surface area contributed by atoms with Gasteiger partial charge in [0.05, 0.1) is 6.10 Å². The minimum absolute atomic E-state index is 0.0384. The molecule has 6 N–H and O–H groups in total. The number of phenolic OH excluding ortho intramolecular Hbond substituents is 3. The van der Waals surface area contributed by atoms with Crippen LogP contribution in [-0.2, 0) is 4.74 Å². The first-order valence-corrected chi connectivity index (χ1v) is 9.89. The molecule has 5 atom stereocenters. The number of benzene rings is 2.